The third-order valence-corrected chi connectivity index (χ3v) is 6.17. The lowest BCUT2D eigenvalue weighted by molar-refractivity contribution is 0.0725. The molecule has 0 N–H and O–H groups in total. The quantitative estimate of drug-likeness (QED) is 0.544. The number of thiophene rings is 1. The van der Waals surface area contributed by atoms with Crippen molar-refractivity contribution < 1.29 is 9.18 Å². The summed E-state index contributed by atoms with van der Waals surface area (Å²) in [7, 11) is 3.88. The van der Waals surface area contributed by atoms with Gasteiger partial charge in [0, 0.05) is 30.6 Å². The molecule has 4 nitrogen and oxygen atoms in total. The summed E-state index contributed by atoms with van der Waals surface area (Å²) in [5.41, 5.74) is 0.861. The van der Waals surface area contributed by atoms with Crippen LogP contribution in [-0.2, 0) is 6.54 Å². The van der Waals surface area contributed by atoms with Gasteiger partial charge in [-0.1, -0.05) is 29.8 Å². The Hall–Kier alpha value is -1.80. The molecule has 0 saturated heterocycles. The van der Waals surface area contributed by atoms with Crippen molar-refractivity contribution in [3.63, 3.8) is 0 Å². The van der Waals surface area contributed by atoms with E-state index in [1.54, 1.807) is 28.5 Å². The minimum absolute atomic E-state index is 0.203. The molecule has 0 unspecified atom stereocenters. The van der Waals surface area contributed by atoms with Crippen LogP contribution in [0.2, 0.25) is 4.34 Å². The molecule has 0 aliphatic rings. The second-order valence-corrected chi connectivity index (χ2v) is 8.84. The third kappa shape index (κ3) is 5.13. The van der Waals surface area contributed by atoms with Crippen LogP contribution in [-0.4, -0.2) is 47.9 Å². The van der Waals surface area contributed by atoms with Gasteiger partial charge in [-0.3, -0.25) is 4.79 Å². The Labute approximate surface area is 170 Å². The Morgan fingerprint density at radius 1 is 1.19 bits per heavy atom. The van der Waals surface area contributed by atoms with Gasteiger partial charge in [0.2, 0.25) is 0 Å². The van der Waals surface area contributed by atoms with Crippen molar-refractivity contribution in [3.05, 3.63) is 63.2 Å². The number of amides is 1. The zero-order valence-corrected chi connectivity index (χ0v) is 17.4. The van der Waals surface area contributed by atoms with Gasteiger partial charge in [-0.15, -0.1) is 22.7 Å². The van der Waals surface area contributed by atoms with E-state index in [-0.39, 0.29) is 18.3 Å². The Morgan fingerprint density at radius 2 is 1.96 bits per heavy atom. The van der Waals surface area contributed by atoms with Crippen molar-refractivity contribution in [2.75, 3.05) is 27.2 Å². The minimum atomic E-state index is -0.313. The highest BCUT2D eigenvalue weighted by molar-refractivity contribution is 7.23. The second-order valence-electron chi connectivity index (χ2n) is 6.26. The predicted octanol–water partition coefficient (Wildman–Crippen LogP) is 4.87. The highest BCUT2D eigenvalue weighted by Gasteiger charge is 2.21. The molecular weight excluding hydrogens is 405 g/mol. The molecule has 3 rings (SSSR count). The Bertz CT molecular complexity index is 925. The number of carbonyl (C=O) groups is 1. The number of benzene rings is 1. The molecule has 0 saturated carbocycles. The van der Waals surface area contributed by atoms with Crippen molar-refractivity contribution in [1.82, 2.24) is 14.8 Å². The van der Waals surface area contributed by atoms with Crippen LogP contribution >= 0.6 is 34.3 Å². The molecule has 8 heteroatoms. The fraction of sp³-hybridized carbons (Fsp3) is 0.263. The van der Waals surface area contributed by atoms with Crippen LogP contribution in [0.5, 0.6) is 0 Å². The van der Waals surface area contributed by atoms with Gasteiger partial charge < -0.3 is 9.80 Å². The second kappa shape index (κ2) is 8.93. The molecular formula is C19H19ClFN3OS2. The molecule has 0 radical (unpaired) electrons. The van der Waals surface area contributed by atoms with Crippen molar-refractivity contribution >= 4 is 40.2 Å². The van der Waals surface area contributed by atoms with Crippen LogP contribution in [0.25, 0.3) is 9.88 Å². The Morgan fingerprint density at radius 3 is 2.63 bits per heavy atom. The molecule has 27 heavy (non-hydrogen) atoms. The zero-order chi connectivity index (χ0) is 19.4. The third-order valence-electron chi connectivity index (χ3n) is 3.93. The van der Waals surface area contributed by atoms with E-state index in [2.05, 4.69) is 4.98 Å². The van der Waals surface area contributed by atoms with Gasteiger partial charge in [-0.25, -0.2) is 9.37 Å². The largest absolute Gasteiger partial charge is 0.332 e. The zero-order valence-electron chi connectivity index (χ0n) is 15.0. The van der Waals surface area contributed by atoms with Gasteiger partial charge in [-0.05, 0) is 32.3 Å². The standard InChI is InChI=1S/C19H19ClFN3OS2/c1-23(2)9-10-24(11-13-5-3-4-6-14(13)21)19(25)15-12-26-18(22-15)16-7-8-17(20)27-16/h3-8,12H,9-11H2,1-2H3. The molecule has 142 valence electrons. The normalized spacial score (nSPS) is 11.1. The molecule has 0 bridgehead atoms. The van der Waals surface area contributed by atoms with Crippen LogP contribution in [0.15, 0.2) is 41.8 Å². The van der Waals surface area contributed by atoms with E-state index in [1.807, 2.05) is 31.1 Å². The first-order chi connectivity index (χ1) is 12.9. The summed E-state index contributed by atoms with van der Waals surface area (Å²) in [4.78, 5) is 22.1. The predicted molar refractivity (Wildman–Crippen MR) is 110 cm³/mol. The fourth-order valence-electron chi connectivity index (χ4n) is 2.48. The summed E-state index contributed by atoms with van der Waals surface area (Å²) in [5, 5.41) is 2.50. The van der Waals surface area contributed by atoms with E-state index in [1.165, 1.54) is 28.7 Å². The van der Waals surface area contributed by atoms with E-state index in [9.17, 15) is 9.18 Å². The maximum atomic E-state index is 14.1. The lowest BCUT2D eigenvalue weighted by Gasteiger charge is -2.24. The average Bonchev–Trinajstić information content (AvgIpc) is 3.28. The Balaban J connectivity index is 1.82. The minimum Gasteiger partial charge on any atom is -0.332 e. The fourth-order valence-corrected chi connectivity index (χ4v) is 4.39. The number of hydrogen-bond acceptors (Lipinski definition) is 5. The van der Waals surface area contributed by atoms with Gasteiger partial charge in [0.15, 0.2) is 0 Å². The van der Waals surface area contributed by atoms with Crippen molar-refractivity contribution in [2.45, 2.75) is 6.54 Å². The maximum absolute atomic E-state index is 14.1. The first-order valence-electron chi connectivity index (χ1n) is 8.32. The van der Waals surface area contributed by atoms with Gasteiger partial charge in [0.1, 0.15) is 16.5 Å². The molecule has 0 fully saturated rings. The summed E-state index contributed by atoms with van der Waals surface area (Å²) < 4.78 is 14.8. The highest BCUT2D eigenvalue weighted by atomic mass is 35.5. The topological polar surface area (TPSA) is 36.4 Å². The number of aromatic nitrogens is 1. The molecule has 0 aliphatic carbocycles. The van der Waals surface area contributed by atoms with Crippen LogP contribution in [0.4, 0.5) is 4.39 Å². The molecule has 1 amide bonds. The number of likely N-dealkylation sites (N-methyl/N-ethyl adjacent to an activating group) is 1. The molecule has 2 heterocycles. The maximum Gasteiger partial charge on any atom is 0.273 e. The summed E-state index contributed by atoms with van der Waals surface area (Å²) in [6.07, 6.45) is 0. The molecule has 1 aromatic carbocycles. The average molecular weight is 424 g/mol. The molecule has 2 aromatic heterocycles. The number of nitrogens with zero attached hydrogens (tertiary/aromatic N) is 3. The molecule has 3 aromatic rings. The van der Waals surface area contributed by atoms with Crippen LogP contribution in [0.3, 0.4) is 0 Å². The lowest BCUT2D eigenvalue weighted by atomic mass is 10.2. The van der Waals surface area contributed by atoms with E-state index in [0.29, 0.717) is 28.7 Å². The van der Waals surface area contributed by atoms with Gasteiger partial charge >= 0.3 is 0 Å². The number of thiazole rings is 1. The van der Waals surface area contributed by atoms with Gasteiger partial charge in [0.25, 0.3) is 5.91 Å². The molecule has 0 spiro atoms. The smallest absolute Gasteiger partial charge is 0.273 e. The lowest BCUT2D eigenvalue weighted by Crippen LogP contribution is -2.36. The Kier molecular flexibility index (Phi) is 6.59. The van der Waals surface area contributed by atoms with Crippen molar-refractivity contribution in [2.24, 2.45) is 0 Å². The van der Waals surface area contributed by atoms with Crippen molar-refractivity contribution in [1.29, 1.82) is 0 Å². The van der Waals surface area contributed by atoms with E-state index >= 15 is 0 Å². The summed E-state index contributed by atoms with van der Waals surface area (Å²) in [6, 6.07) is 10.2. The number of rotatable bonds is 7. The SMILES string of the molecule is CN(C)CCN(Cc1ccccc1F)C(=O)c1csc(-c2ccc(Cl)s2)n1. The summed E-state index contributed by atoms with van der Waals surface area (Å²) in [5.74, 6) is -0.516. The van der Waals surface area contributed by atoms with E-state index in [0.717, 1.165) is 9.88 Å². The summed E-state index contributed by atoms with van der Waals surface area (Å²) >= 11 is 8.82. The number of carbonyl (C=O) groups excluding carboxylic acids is 1. The first kappa shape index (κ1) is 19.9. The van der Waals surface area contributed by atoms with Crippen molar-refractivity contribution in [3.8, 4) is 9.88 Å². The van der Waals surface area contributed by atoms with Crippen LogP contribution in [0, 0.1) is 5.82 Å². The summed E-state index contributed by atoms with van der Waals surface area (Å²) in [6.45, 7) is 1.37. The number of hydrogen-bond donors (Lipinski definition) is 0. The van der Waals surface area contributed by atoms with Crippen LogP contribution < -0.4 is 0 Å². The van der Waals surface area contributed by atoms with E-state index in [4.69, 9.17) is 11.6 Å². The van der Waals surface area contributed by atoms with Crippen LogP contribution in [0.1, 0.15) is 16.1 Å². The molecule has 0 atom stereocenters. The van der Waals surface area contributed by atoms with E-state index < -0.39 is 0 Å². The first-order valence-corrected chi connectivity index (χ1v) is 10.4. The monoisotopic (exact) mass is 423 g/mol. The van der Waals surface area contributed by atoms with Gasteiger partial charge in [0.05, 0.1) is 9.21 Å². The number of halogens is 2. The highest BCUT2D eigenvalue weighted by Crippen LogP contribution is 2.33. The molecule has 0 aliphatic heterocycles. The van der Waals surface area contributed by atoms with Gasteiger partial charge in [-0.2, -0.15) is 0 Å².